The molecule has 3 amide bonds. The number of ether oxygens (including phenoxy) is 2. The Balaban J connectivity index is 1.45. The first-order valence-electron chi connectivity index (χ1n) is 12.6. The van der Waals surface area contributed by atoms with Crippen LogP contribution in [0.5, 0.6) is 11.5 Å². The van der Waals surface area contributed by atoms with Crippen molar-refractivity contribution in [3.05, 3.63) is 120 Å². The number of nitrogens with one attached hydrogen (secondary N) is 3. The smallest absolute Gasteiger partial charge is 0.272 e. The van der Waals surface area contributed by atoms with Crippen molar-refractivity contribution in [3.63, 3.8) is 0 Å². The van der Waals surface area contributed by atoms with E-state index in [9.17, 15) is 14.4 Å². The van der Waals surface area contributed by atoms with E-state index in [1.807, 2.05) is 24.3 Å². The van der Waals surface area contributed by atoms with Gasteiger partial charge in [-0.3, -0.25) is 14.4 Å². The molecule has 208 valence electrons. The molecule has 0 bridgehead atoms. The molecule has 4 aromatic rings. The van der Waals surface area contributed by atoms with E-state index in [4.69, 9.17) is 9.47 Å². The highest BCUT2D eigenvalue weighted by molar-refractivity contribution is 8.00. The molecule has 3 N–H and O–H groups in total. The van der Waals surface area contributed by atoms with Gasteiger partial charge in [-0.15, -0.1) is 11.8 Å². The first kappa shape index (κ1) is 29.0. The number of anilines is 2. The van der Waals surface area contributed by atoms with Crippen LogP contribution >= 0.6 is 11.8 Å². The Labute approximate surface area is 242 Å². The molecule has 4 aromatic carbocycles. The number of hydrogen-bond acceptors (Lipinski definition) is 6. The topological polar surface area (TPSA) is 106 Å². The lowest BCUT2D eigenvalue weighted by Crippen LogP contribution is -2.30. The molecule has 4 rings (SSSR count). The summed E-state index contributed by atoms with van der Waals surface area (Å²) in [7, 11) is 3.12. The number of benzene rings is 4. The zero-order valence-electron chi connectivity index (χ0n) is 22.5. The van der Waals surface area contributed by atoms with Gasteiger partial charge in [-0.2, -0.15) is 0 Å². The Hall–Kier alpha value is -5.02. The molecule has 0 heterocycles. The number of carbonyl (C=O) groups excluding carboxylic acids is 3. The van der Waals surface area contributed by atoms with Crippen LogP contribution in [0.3, 0.4) is 0 Å². The highest BCUT2D eigenvalue weighted by Gasteiger charge is 2.16. The van der Waals surface area contributed by atoms with E-state index in [-0.39, 0.29) is 17.4 Å². The Morgan fingerprint density at radius 3 is 2.24 bits per heavy atom. The van der Waals surface area contributed by atoms with Crippen LogP contribution in [-0.4, -0.2) is 37.7 Å². The molecule has 0 aliphatic carbocycles. The van der Waals surface area contributed by atoms with E-state index in [0.29, 0.717) is 34.0 Å². The highest BCUT2D eigenvalue weighted by Crippen LogP contribution is 2.25. The molecule has 0 spiro atoms. The van der Waals surface area contributed by atoms with Crippen molar-refractivity contribution < 1.29 is 23.9 Å². The van der Waals surface area contributed by atoms with Gasteiger partial charge >= 0.3 is 0 Å². The Bertz CT molecular complexity index is 1540. The maximum atomic E-state index is 13.3. The molecule has 0 radical (unpaired) electrons. The van der Waals surface area contributed by atoms with Crippen LogP contribution in [0.4, 0.5) is 11.4 Å². The molecule has 0 aliphatic rings. The van der Waals surface area contributed by atoms with Crippen LogP contribution < -0.4 is 25.4 Å². The van der Waals surface area contributed by atoms with Gasteiger partial charge in [-0.05, 0) is 66.2 Å². The first-order valence-corrected chi connectivity index (χ1v) is 13.6. The van der Waals surface area contributed by atoms with Gasteiger partial charge in [-0.1, -0.05) is 48.5 Å². The minimum atomic E-state index is -0.499. The molecule has 9 heteroatoms. The van der Waals surface area contributed by atoms with Gasteiger partial charge in [0.15, 0.2) is 0 Å². The maximum absolute atomic E-state index is 13.3. The van der Waals surface area contributed by atoms with Crippen LogP contribution in [0.2, 0.25) is 0 Å². The molecule has 8 nitrogen and oxygen atoms in total. The van der Waals surface area contributed by atoms with Gasteiger partial charge in [0.1, 0.15) is 17.2 Å². The quantitative estimate of drug-likeness (QED) is 0.155. The number of thioether (sulfide) groups is 1. The average molecular weight is 568 g/mol. The summed E-state index contributed by atoms with van der Waals surface area (Å²) in [6, 6.07) is 30.1. The van der Waals surface area contributed by atoms with E-state index in [1.54, 1.807) is 99.2 Å². The SMILES string of the molecule is COc1ccc(/C=C(/NC(=O)c2ccccc2)C(=O)Nc2cccc(SCC(=O)Nc3ccccc3OC)c2)cc1. The summed E-state index contributed by atoms with van der Waals surface area (Å²) >= 11 is 1.32. The summed E-state index contributed by atoms with van der Waals surface area (Å²) in [6.45, 7) is 0. The second-order valence-corrected chi connectivity index (χ2v) is 9.72. The van der Waals surface area contributed by atoms with E-state index >= 15 is 0 Å². The summed E-state index contributed by atoms with van der Waals surface area (Å²) in [5, 5.41) is 8.42. The lowest BCUT2D eigenvalue weighted by Gasteiger charge is -2.12. The molecule has 41 heavy (non-hydrogen) atoms. The van der Waals surface area contributed by atoms with Gasteiger partial charge in [0, 0.05) is 16.1 Å². The second-order valence-electron chi connectivity index (χ2n) is 8.67. The van der Waals surface area contributed by atoms with Gasteiger partial charge < -0.3 is 25.4 Å². The van der Waals surface area contributed by atoms with Crippen LogP contribution in [0, 0.1) is 0 Å². The normalized spacial score (nSPS) is 10.8. The highest BCUT2D eigenvalue weighted by atomic mass is 32.2. The van der Waals surface area contributed by atoms with Crippen molar-refractivity contribution in [1.82, 2.24) is 5.32 Å². The van der Waals surface area contributed by atoms with E-state index < -0.39 is 11.8 Å². The fourth-order valence-corrected chi connectivity index (χ4v) is 4.51. The molecule has 0 unspecified atom stereocenters. The average Bonchev–Trinajstić information content (AvgIpc) is 3.01. The van der Waals surface area contributed by atoms with Gasteiger partial charge in [-0.25, -0.2) is 0 Å². The summed E-state index contributed by atoms with van der Waals surface area (Å²) < 4.78 is 10.5. The predicted molar refractivity (Wildman–Crippen MR) is 162 cm³/mol. The van der Waals surface area contributed by atoms with Crippen LogP contribution in [0.1, 0.15) is 15.9 Å². The third-order valence-electron chi connectivity index (χ3n) is 5.80. The molecule has 0 aliphatic heterocycles. The predicted octanol–water partition coefficient (Wildman–Crippen LogP) is 5.84. The zero-order chi connectivity index (χ0) is 29.0. The summed E-state index contributed by atoms with van der Waals surface area (Å²) in [4.78, 5) is 39.5. The van der Waals surface area contributed by atoms with Gasteiger partial charge in [0.05, 0.1) is 25.7 Å². The minimum Gasteiger partial charge on any atom is -0.497 e. The number of para-hydroxylation sites is 2. The summed E-state index contributed by atoms with van der Waals surface area (Å²) in [5.41, 5.74) is 2.30. The fourth-order valence-electron chi connectivity index (χ4n) is 3.75. The van der Waals surface area contributed by atoms with Crippen LogP contribution in [-0.2, 0) is 9.59 Å². The molecule has 0 saturated carbocycles. The van der Waals surface area contributed by atoms with Crippen molar-refractivity contribution in [1.29, 1.82) is 0 Å². The van der Waals surface area contributed by atoms with Gasteiger partial charge in [0.25, 0.3) is 11.8 Å². The monoisotopic (exact) mass is 567 g/mol. The van der Waals surface area contributed by atoms with Crippen molar-refractivity contribution in [2.75, 3.05) is 30.6 Å². The maximum Gasteiger partial charge on any atom is 0.272 e. The van der Waals surface area contributed by atoms with E-state index in [1.165, 1.54) is 11.8 Å². The number of rotatable bonds is 11. The van der Waals surface area contributed by atoms with Crippen LogP contribution in [0.15, 0.2) is 114 Å². The molecule has 0 saturated heterocycles. The number of hydrogen-bond donors (Lipinski definition) is 3. The molecule has 0 aromatic heterocycles. The second kappa shape index (κ2) is 14.4. The zero-order valence-corrected chi connectivity index (χ0v) is 23.4. The Morgan fingerprint density at radius 2 is 1.51 bits per heavy atom. The third-order valence-corrected chi connectivity index (χ3v) is 6.79. The molecule has 0 fully saturated rings. The largest absolute Gasteiger partial charge is 0.497 e. The Kier molecular flexibility index (Phi) is 10.2. The molecule has 0 atom stereocenters. The first-order chi connectivity index (χ1) is 19.9. The van der Waals surface area contributed by atoms with Crippen molar-refractivity contribution in [2.45, 2.75) is 4.90 Å². The lowest BCUT2D eigenvalue weighted by molar-refractivity contribution is -0.114. The summed E-state index contributed by atoms with van der Waals surface area (Å²) in [6.07, 6.45) is 1.59. The minimum absolute atomic E-state index is 0.0678. The Morgan fingerprint density at radius 1 is 0.780 bits per heavy atom. The molecular formula is C32H29N3O5S. The number of amides is 3. The van der Waals surface area contributed by atoms with Crippen molar-refractivity contribution >= 4 is 46.9 Å². The number of methoxy groups -OCH3 is 2. The van der Waals surface area contributed by atoms with Crippen molar-refractivity contribution in [2.24, 2.45) is 0 Å². The van der Waals surface area contributed by atoms with E-state index in [0.717, 1.165) is 4.90 Å². The fraction of sp³-hybridized carbons (Fsp3) is 0.0938. The van der Waals surface area contributed by atoms with Crippen LogP contribution in [0.25, 0.3) is 6.08 Å². The van der Waals surface area contributed by atoms with Crippen molar-refractivity contribution in [3.8, 4) is 11.5 Å². The molecular weight excluding hydrogens is 538 g/mol. The third kappa shape index (κ3) is 8.48. The van der Waals surface area contributed by atoms with E-state index in [2.05, 4.69) is 16.0 Å². The van der Waals surface area contributed by atoms with Gasteiger partial charge in [0.2, 0.25) is 5.91 Å². The number of carbonyl (C=O) groups is 3. The lowest BCUT2D eigenvalue weighted by atomic mass is 10.1. The summed E-state index contributed by atoms with van der Waals surface area (Å²) in [5.74, 6) is 0.306. The standard InChI is InChI=1S/C32H29N3O5S/c1-39-25-17-15-22(16-18-25)19-28(35-31(37)23-9-4-3-5-10-23)32(38)33-24-11-8-12-26(20-24)41-21-30(36)34-27-13-6-7-14-29(27)40-2/h3-20H,21H2,1-2H3,(H,33,38)(H,34,36)(H,35,37)/b28-19+.